The summed E-state index contributed by atoms with van der Waals surface area (Å²) in [6.45, 7) is 0. The average Bonchev–Trinajstić information content (AvgIpc) is 2.65. The summed E-state index contributed by atoms with van der Waals surface area (Å²) >= 11 is 6.25. The minimum absolute atomic E-state index is 0.182. The van der Waals surface area contributed by atoms with Crippen molar-refractivity contribution in [1.82, 2.24) is 5.43 Å². The molecule has 0 saturated heterocycles. The lowest BCUT2D eigenvalue weighted by Crippen LogP contribution is -2.30. The number of hydrogen-bond donors (Lipinski definition) is 2. The van der Waals surface area contributed by atoms with Gasteiger partial charge in [-0.3, -0.25) is 11.3 Å². The number of nitrogens with one attached hydrogen (secondary N) is 1. The van der Waals surface area contributed by atoms with Gasteiger partial charge in [0.05, 0.1) is 0 Å². The highest BCUT2D eigenvalue weighted by molar-refractivity contribution is 6.31. The topological polar surface area (TPSA) is 38.0 Å². The SMILES string of the molecule is NNC(CC1CCCCCC1)c1ccccc1Cl. The van der Waals surface area contributed by atoms with Gasteiger partial charge in [-0.2, -0.15) is 0 Å². The molecule has 100 valence electrons. The van der Waals surface area contributed by atoms with E-state index in [1.165, 1.54) is 38.5 Å². The fraction of sp³-hybridized carbons (Fsp3) is 0.600. The predicted octanol–water partition coefficient (Wildman–Crippen LogP) is 4.20. The van der Waals surface area contributed by atoms with E-state index in [1.54, 1.807) is 0 Å². The van der Waals surface area contributed by atoms with E-state index in [1.807, 2.05) is 18.2 Å². The summed E-state index contributed by atoms with van der Waals surface area (Å²) in [4.78, 5) is 0. The molecule has 0 radical (unpaired) electrons. The molecule has 1 atom stereocenters. The molecule has 1 aliphatic rings. The molecule has 3 heteroatoms. The standard InChI is InChI=1S/C15H23ClN2/c16-14-10-6-5-9-13(14)15(18-17)11-12-7-3-1-2-4-8-12/h5-6,9-10,12,15,18H,1-4,7-8,11,17H2. The van der Waals surface area contributed by atoms with Crippen LogP contribution in [0.5, 0.6) is 0 Å². The zero-order valence-electron chi connectivity index (χ0n) is 10.9. The van der Waals surface area contributed by atoms with Gasteiger partial charge in [-0.15, -0.1) is 0 Å². The second-order valence-corrected chi connectivity index (χ2v) is 5.74. The van der Waals surface area contributed by atoms with Crippen molar-refractivity contribution in [2.24, 2.45) is 11.8 Å². The van der Waals surface area contributed by atoms with Crippen molar-refractivity contribution in [1.29, 1.82) is 0 Å². The minimum atomic E-state index is 0.182. The normalized spacial score (nSPS) is 19.4. The summed E-state index contributed by atoms with van der Waals surface area (Å²) in [6.07, 6.45) is 9.28. The smallest absolute Gasteiger partial charge is 0.0477 e. The number of hydrogen-bond acceptors (Lipinski definition) is 2. The maximum atomic E-state index is 6.25. The van der Waals surface area contributed by atoms with Crippen molar-refractivity contribution < 1.29 is 0 Å². The van der Waals surface area contributed by atoms with E-state index in [9.17, 15) is 0 Å². The second kappa shape index (κ2) is 7.13. The van der Waals surface area contributed by atoms with Crippen LogP contribution in [0.1, 0.15) is 56.6 Å². The van der Waals surface area contributed by atoms with Crippen LogP contribution in [0.3, 0.4) is 0 Å². The van der Waals surface area contributed by atoms with Gasteiger partial charge >= 0.3 is 0 Å². The van der Waals surface area contributed by atoms with Gasteiger partial charge in [-0.25, -0.2) is 0 Å². The fourth-order valence-electron chi connectivity index (χ4n) is 2.98. The molecule has 0 amide bonds. The lowest BCUT2D eigenvalue weighted by atomic mass is 9.90. The van der Waals surface area contributed by atoms with Gasteiger partial charge < -0.3 is 0 Å². The van der Waals surface area contributed by atoms with Crippen LogP contribution in [0.15, 0.2) is 24.3 Å². The molecule has 2 rings (SSSR count). The summed E-state index contributed by atoms with van der Waals surface area (Å²) in [7, 11) is 0. The van der Waals surface area contributed by atoms with Gasteiger partial charge in [0.1, 0.15) is 0 Å². The summed E-state index contributed by atoms with van der Waals surface area (Å²) in [6, 6.07) is 8.18. The van der Waals surface area contributed by atoms with Gasteiger partial charge in [0.15, 0.2) is 0 Å². The van der Waals surface area contributed by atoms with Crippen LogP contribution in [0.2, 0.25) is 5.02 Å². The molecule has 1 aliphatic carbocycles. The minimum Gasteiger partial charge on any atom is -0.271 e. The van der Waals surface area contributed by atoms with Gasteiger partial charge in [0, 0.05) is 11.1 Å². The fourth-order valence-corrected chi connectivity index (χ4v) is 3.24. The maximum Gasteiger partial charge on any atom is 0.0477 e. The van der Waals surface area contributed by atoms with E-state index in [-0.39, 0.29) is 6.04 Å². The molecule has 18 heavy (non-hydrogen) atoms. The highest BCUT2D eigenvalue weighted by atomic mass is 35.5. The van der Waals surface area contributed by atoms with E-state index in [4.69, 9.17) is 17.4 Å². The molecule has 1 unspecified atom stereocenters. The quantitative estimate of drug-likeness (QED) is 0.487. The first kappa shape index (κ1) is 13.9. The lowest BCUT2D eigenvalue weighted by molar-refractivity contribution is 0.359. The Balaban J connectivity index is 2.02. The Hall–Kier alpha value is -0.570. The third-order valence-electron chi connectivity index (χ3n) is 4.03. The maximum absolute atomic E-state index is 6.25. The molecule has 0 spiro atoms. The van der Waals surface area contributed by atoms with Crippen LogP contribution in [0.25, 0.3) is 0 Å². The van der Waals surface area contributed by atoms with Gasteiger partial charge in [0.25, 0.3) is 0 Å². The number of benzene rings is 1. The van der Waals surface area contributed by atoms with Gasteiger partial charge in [-0.05, 0) is 24.0 Å². The zero-order valence-corrected chi connectivity index (χ0v) is 11.6. The molecule has 1 saturated carbocycles. The van der Waals surface area contributed by atoms with E-state index in [0.717, 1.165) is 22.9 Å². The van der Waals surface area contributed by atoms with Crippen molar-refractivity contribution in [3.8, 4) is 0 Å². The Kier molecular flexibility index (Phi) is 5.48. The van der Waals surface area contributed by atoms with Gasteiger partial charge in [0.2, 0.25) is 0 Å². The lowest BCUT2D eigenvalue weighted by Gasteiger charge is -2.23. The second-order valence-electron chi connectivity index (χ2n) is 5.33. The summed E-state index contributed by atoms with van der Waals surface area (Å²) in [5.74, 6) is 6.50. The Morgan fingerprint density at radius 3 is 2.44 bits per heavy atom. The first-order chi connectivity index (χ1) is 8.81. The summed E-state index contributed by atoms with van der Waals surface area (Å²) in [5, 5.41) is 0.814. The molecular weight excluding hydrogens is 244 g/mol. The Bertz CT molecular complexity index is 359. The molecule has 3 N–H and O–H groups in total. The van der Waals surface area contributed by atoms with Gasteiger partial charge in [-0.1, -0.05) is 68.3 Å². The Labute approximate surface area is 115 Å². The largest absolute Gasteiger partial charge is 0.271 e. The van der Waals surface area contributed by atoms with E-state index < -0.39 is 0 Å². The van der Waals surface area contributed by atoms with Crippen LogP contribution in [0, 0.1) is 5.92 Å². The van der Waals surface area contributed by atoms with E-state index in [0.29, 0.717) is 0 Å². The predicted molar refractivity (Wildman–Crippen MR) is 77.3 cm³/mol. The molecule has 0 bridgehead atoms. The van der Waals surface area contributed by atoms with Crippen molar-refractivity contribution in [3.05, 3.63) is 34.9 Å². The third kappa shape index (κ3) is 3.71. The highest BCUT2D eigenvalue weighted by Gasteiger charge is 2.20. The molecule has 0 heterocycles. The molecular formula is C15H23ClN2. The Morgan fingerprint density at radius 2 is 1.83 bits per heavy atom. The first-order valence-corrected chi connectivity index (χ1v) is 7.39. The van der Waals surface area contributed by atoms with Crippen molar-refractivity contribution in [2.75, 3.05) is 0 Å². The van der Waals surface area contributed by atoms with E-state index in [2.05, 4.69) is 11.5 Å². The molecule has 0 aromatic heterocycles. The number of nitrogens with two attached hydrogens (primary N) is 1. The highest BCUT2D eigenvalue weighted by Crippen LogP contribution is 2.33. The summed E-state index contributed by atoms with van der Waals surface area (Å²) in [5.41, 5.74) is 4.07. The molecule has 1 aromatic rings. The monoisotopic (exact) mass is 266 g/mol. The Morgan fingerprint density at radius 1 is 1.17 bits per heavy atom. The molecule has 1 aromatic carbocycles. The van der Waals surface area contributed by atoms with Crippen LogP contribution in [0.4, 0.5) is 0 Å². The summed E-state index contributed by atoms with van der Waals surface area (Å²) < 4.78 is 0. The first-order valence-electron chi connectivity index (χ1n) is 7.02. The molecule has 0 aliphatic heterocycles. The average molecular weight is 267 g/mol. The number of halogens is 1. The van der Waals surface area contributed by atoms with Crippen molar-refractivity contribution in [3.63, 3.8) is 0 Å². The molecule has 1 fully saturated rings. The van der Waals surface area contributed by atoms with Crippen molar-refractivity contribution >= 4 is 11.6 Å². The molecule has 2 nitrogen and oxygen atoms in total. The zero-order chi connectivity index (χ0) is 12.8. The number of hydrazine groups is 1. The van der Waals surface area contributed by atoms with Crippen LogP contribution in [-0.2, 0) is 0 Å². The van der Waals surface area contributed by atoms with Crippen LogP contribution in [-0.4, -0.2) is 0 Å². The van der Waals surface area contributed by atoms with E-state index >= 15 is 0 Å². The number of rotatable bonds is 4. The van der Waals surface area contributed by atoms with Crippen molar-refractivity contribution in [2.45, 2.75) is 51.0 Å². The third-order valence-corrected chi connectivity index (χ3v) is 4.37. The van der Waals surface area contributed by atoms with Crippen LogP contribution >= 0.6 is 11.6 Å². The van der Waals surface area contributed by atoms with Crippen LogP contribution < -0.4 is 11.3 Å².